The predicted octanol–water partition coefficient (Wildman–Crippen LogP) is 3.63. The van der Waals surface area contributed by atoms with Gasteiger partial charge in [0, 0.05) is 23.5 Å². The van der Waals surface area contributed by atoms with E-state index in [1.54, 1.807) is 12.5 Å². The molecule has 0 fully saturated rings. The Morgan fingerprint density at radius 2 is 1.73 bits per heavy atom. The summed E-state index contributed by atoms with van der Waals surface area (Å²) in [6.07, 6.45) is 6.18. The topological polar surface area (TPSA) is 39.8 Å². The Bertz CT molecular complexity index is 937. The Balaban J connectivity index is 2.18. The number of carbonyl (C=O) groups excluding carboxylic acids is 1. The number of benzene rings is 2. The molecule has 4 rings (SSSR count). The molecule has 0 unspecified atom stereocenters. The fraction of sp³-hybridized carbons (Fsp3) is 0. The van der Waals surface area contributed by atoms with E-state index in [4.69, 9.17) is 0 Å². The van der Waals surface area contributed by atoms with E-state index in [1.165, 1.54) is 0 Å². The van der Waals surface area contributed by atoms with Crippen molar-refractivity contribution in [2.45, 2.75) is 0 Å². The van der Waals surface area contributed by atoms with Crippen LogP contribution < -0.4 is 0 Å². The molecule has 0 amide bonds. The van der Waals surface area contributed by atoms with Crippen molar-refractivity contribution in [1.82, 2.24) is 14.1 Å². The highest BCUT2D eigenvalue weighted by Crippen LogP contribution is 2.30. The smallest absolute Gasteiger partial charge is 0.154 e. The summed E-state index contributed by atoms with van der Waals surface area (Å²) in [5.74, 6) is 0.805. The van der Waals surface area contributed by atoms with Crippen molar-refractivity contribution >= 4 is 17.2 Å². The number of fused-ring (bicyclic) bond motifs is 1. The Morgan fingerprint density at radius 1 is 0.955 bits per heavy atom. The van der Waals surface area contributed by atoms with Crippen LogP contribution >= 0.6 is 0 Å². The minimum Gasteiger partial charge on any atom is -0.298 e. The zero-order chi connectivity index (χ0) is 14.9. The van der Waals surface area contributed by atoms with E-state index in [2.05, 4.69) is 9.55 Å². The van der Waals surface area contributed by atoms with Gasteiger partial charge in [-0.05, 0) is 18.2 Å². The third kappa shape index (κ3) is 1.78. The number of carbonyl (C=O) groups is 1. The zero-order valence-corrected chi connectivity index (χ0v) is 11.8. The van der Waals surface area contributed by atoms with Crippen LogP contribution in [0, 0.1) is 0 Å². The number of rotatable bonds is 3. The molecule has 2 aromatic carbocycles. The molecule has 0 saturated carbocycles. The van der Waals surface area contributed by atoms with Crippen LogP contribution in [0.4, 0.5) is 0 Å². The van der Waals surface area contributed by atoms with E-state index < -0.39 is 0 Å². The van der Waals surface area contributed by atoms with Crippen molar-refractivity contribution in [3.8, 4) is 11.5 Å². The fourth-order valence-corrected chi connectivity index (χ4v) is 2.84. The Kier molecular flexibility index (Phi) is 2.86. The van der Waals surface area contributed by atoms with E-state index in [0.717, 1.165) is 28.7 Å². The van der Waals surface area contributed by atoms with Gasteiger partial charge in [0.2, 0.25) is 0 Å². The van der Waals surface area contributed by atoms with Gasteiger partial charge in [0.1, 0.15) is 12.1 Å². The van der Waals surface area contributed by atoms with Gasteiger partial charge in [0.05, 0.1) is 11.1 Å². The summed E-state index contributed by atoms with van der Waals surface area (Å²) < 4.78 is 3.96. The van der Waals surface area contributed by atoms with E-state index >= 15 is 0 Å². The Morgan fingerprint density at radius 3 is 2.45 bits per heavy atom. The minimum absolute atomic E-state index is 0.664. The molecule has 0 radical (unpaired) electrons. The highest BCUT2D eigenvalue weighted by atomic mass is 16.1. The van der Waals surface area contributed by atoms with E-state index in [0.29, 0.717) is 5.56 Å². The molecule has 4 heteroatoms. The quantitative estimate of drug-likeness (QED) is 0.540. The van der Waals surface area contributed by atoms with Crippen molar-refractivity contribution in [3.05, 3.63) is 78.9 Å². The van der Waals surface area contributed by atoms with Crippen LogP contribution in [0.5, 0.6) is 0 Å². The summed E-state index contributed by atoms with van der Waals surface area (Å²) in [4.78, 5) is 15.8. The molecule has 0 aliphatic rings. The lowest BCUT2D eigenvalue weighted by molar-refractivity contribution is 0.112. The molecule has 2 heterocycles. The SMILES string of the molecule is O=Cc1c(-n2ccnc2)n(-c2ccccc2)c2ccccc12. The number of aldehydes is 1. The summed E-state index contributed by atoms with van der Waals surface area (Å²) in [7, 11) is 0. The van der Waals surface area contributed by atoms with E-state index in [9.17, 15) is 4.79 Å². The summed E-state index contributed by atoms with van der Waals surface area (Å²) in [5.41, 5.74) is 2.67. The lowest BCUT2D eigenvalue weighted by atomic mass is 10.2. The second-order valence-corrected chi connectivity index (χ2v) is 5.01. The monoisotopic (exact) mass is 287 g/mol. The maximum atomic E-state index is 11.7. The lowest BCUT2D eigenvalue weighted by Crippen LogP contribution is -2.04. The van der Waals surface area contributed by atoms with Crippen LogP contribution in [0.15, 0.2) is 73.3 Å². The lowest BCUT2D eigenvalue weighted by Gasteiger charge is -2.11. The van der Waals surface area contributed by atoms with Gasteiger partial charge in [-0.15, -0.1) is 0 Å². The van der Waals surface area contributed by atoms with Crippen molar-refractivity contribution < 1.29 is 4.79 Å². The van der Waals surface area contributed by atoms with Crippen LogP contribution in [-0.2, 0) is 0 Å². The number of imidazole rings is 1. The largest absolute Gasteiger partial charge is 0.298 e. The number of aromatic nitrogens is 3. The number of nitrogens with zero attached hydrogens (tertiary/aromatic N) is 3. The van der Waals surface area contributed by atoms with Gasteiger partial charge in [0.25, 0.3) is 0 Å². The normalized spacial score (nSPS) is 10.9. The maximum absolute atomic E-state index is 11.7. The molecule has 22 heavy (non-hydrogen) atoms. The summed E-state index contributed by atoms with van der Waals surface area (Å²) in [6.45, 7) is 0. The average molecular weight is 287 g/mol. The van der Waals surface area contributed by atoms with Crippen LogP contribution in [0.1, 0.15) is 10.4 Å². The number of hydrogen-bond donors (Lipinski definition) is 0. The Labute approximate surface area is 127 Å². The van der Waals surface area contributed by atoms with Gasteiger partial charge in [-0.25, -0.2) is 4.98 Å². The molecular weight excluding hydrogens is 274 g/mol. The predicted molar refractivity (Wildman–Crippen MR) is 85.8 cm³/mol. The standard InChI is InChI=1S/C18H13N3O/c22-12-16-15-8-4-5-9-17(15)21(14-6-2-1-3-7-14)18(16)20-11-10-19-13-20/h1-13H. The van der Waals surface area contributed by atoms with Crippen molar-refractivity contribution in [2.24, 2.45) is 0 Å². The molecule has 0 spiro atoms. The van der Waals surface area contributed by atoms with Gasteiger partial charge >= 0.3 is 0 Å². The van der Waals surface area contributed by atoms with Crippen molar-refractivity contribution in [2.75, 3.05) is 0 Å². The summed E-state index contributed by atoms with van der Waals surface area (Å²) >= 11 is 0. The highest BCUT2D eigenvalue weighted by molar-refractivity contribution is 6.02. The molecule has 4 nitrogen and oxygen atoms in total. The van der Waals surface area contributed by atoms with Gasteiger partial charge in [0.15, 0.2) is 6.29 Å². The van der Waals surface area contributed by atoms with Crippen LogP contribution in [-0.4, -0.2) is 20.4 Å². The van der Waals surface area contributed by atoms with Crippen molar-refractivity contribution in [1.29, 1.82) is 0 Å². The molecule has 0 aliphatic heterocycles. The Hall–Kier alpha value is -3.14. The first kappa shape index (κ1) is 12.6. The average Bonchev–Trinajstić information content (AvgIpc) is 3.21. The van der Waals surface area contributed by atoms with Crippen molar-refractivity contribution in [3.63, 3.8) is 0 Å². The first-order valence-corrected chi connectivity index (χ1v) is 7.02. The molecule has 0 saturated heterocycles. The molecule has 0 N–H and O–H groups in total. The third-order valence-electron chi connectivity index (χ3n) is 3.77. The number of para-hydroxylation sites is 2. The van der Waals surface area contributed by atoms with Crippen LogP contribution in [0.25, 0.3) is 22.4 Å². The zero-order valence-electron chi connectivity index (χ0n) is 11.8. The summed E-state index contributed by atoms with van der Waals surface area (Å²) in [5, 5.41) is 0.935. The fourth-order valence-electron chi connectivity index (χ4n) is 2.84. The second kappa shape index (κ2) is 5.00. The highest BCUT2D eigenvalue weighted by Gasteiger charge is 2.18. The van der Waals surface area contributed by atoms with Gasteiger partial charge < -0.3 is 0 Å². The molecule has 106 valence electrons. The molecule has 0 atom stereocenters. The first-order chi connectivity index (χ1) is 10.9. The minimum atomic E-state index is 0.664. The molecule has 0 aliphatic carbocycles. The first-order valence-electron chi connectivity index (χ1n) is 7.02. The maximum Gasteiger partial charge on any atom is 0.154 e. The van der Waals surface area contributed by atoms with Gasteiger partial charge in [-0.2, -0.15) is 0 Å². The van der Waals surface area contributed by atoms with Crippen LogP contribution in [0.3, 0.4) is 0 Å². The van der Waals surface area contributed by atoms with Gasteiger partial charge in [-0.3, -0.25) is 13.9 Å². The molecule has 4 aromatic rings. The molecule has 2 aromatic heterocycles. The third-order valence-corrected chi connectivity index (χ3v) is 3.77. The van der Waals surface area contributed by atoms with Crippen LogP contribution in [0.2, 0.25) is 0 Å². The summed E-state index contributed by atoms with van der Waals surface area (Å²) in [6, 6.07) is 17.9. The molecular formula is C18H13N3O. The van der Waals surface area contributed by atoms with E-state index in [-0.39, 0.29) is 0 Å². The van der Waals surface area contributed by atoms with Gasteiger partial charge in [-0.1, -0.05) is 36.4 Å². The molecule has 0 bridgehead atoms. The van der Waals surface area contributed by atoms with E-state index in [1.807, 2.05) is 65.4 Å². The number of hydrogen-bond acceptors (Lipinski definition) is 2. The second-order valence-electron chi connectivity index (χ2n) is 5.01.